The van der Waals surface area contributed by atoms with Gasteiger partial charge < -0.3 is 20.7 Å². The summed E-state index contributed by atoms with van der Waals surface area (Å²) in [6.45, 7) is 6.92. The highest BCUT2D eigenvalue weighted by molar-refractivity contribution is 5.59. The zero-order chi connectivity index (χ0) is 26.2. The number of anilines is 3. The van der Waals surface area contributed by atoms with Crippen molar-refractivity contribution < 1.29 is 22.3 Å². The minimum atomic E-state index is -4.60. The summed E-state index contributed by atoms with van der Waals surface area (Å²) in [6.07, 6.45) is 1.48. The van der Waals surface area contributed by atoms with Crippen LogP contribution in [0.5, 0.6) is 5.75 Å². The molecule has 2 atom stereocenters. The maximum Gasteiger partial charge on any atom is 0.420 e. The van der Waals surface area contributed by atoms with Gasteiger partial charge in [0, 0.05) is 23.3 Å². The maximum absolute atomic E-state index is 14.6. The summed E-state index contributed by atoms with van der Waals surface area (Å²) in [4.78, 5) is 10.7. The number of ether oxygens (including phenoxy) is 1. The van der Waals surface area contributed by atoms with E-state index in [1.165, 1.54) is 18.6 Å². The maximum atomic E-state index is 14.6. The standard InChI is InChI=1S/C26H34F4N6O/c1-25(2)14-17(12-18-4-3-11-36(18)25)33-23-21(27)15-32-24(35-23)34-16-5-6-22(20(13-16)26(28,29)30)37-19-7-9-31-10-8-19/h5-6,13,15,17-19,31H,3-4,7-12,14H2,1-2H3,(H2,32,33,34,35)/t17-,18?/m1/s1. The molecule has 37 heavy (non-hydrogen) atoms. The lowest BCUT2D eigenvalue weighted by atomic mass is 9.84. The zero-order valence-electron chi connectivity index (χ0n) is 21.2. The van der Waals surface area contributed by atoms with Crippen LogP contribution in [0.1, 0.15) is 57.9 Å². The van der Waals surface area contributed by atoms with Gasteiger partial charge in [-0.15, -0.1) is 0 Å². The zero-order valence-corrected chi connectivity index (χ0v) is 21.2. The van der Waals surface area contributed by atoms with Gasteiger partial charge in [-0.3, -0.25) is 4.90 Å². The van der Waals surface area contributed by atoms with Crippen LogP contribution in [0.2, 0.25) is 0 Å². The summed E-state index contributed by atoms with van der Waals surface area (Å²) in [6, 6.07) is 4.27. The minimum Gasteiger partial charge on any atom is -0.490 e. The fraction of sp³-hybridized carbons (Fsp3) is 0.615. The van der Waals surface area contributed by atoms with Crippen LogP contribution in [0.3, 0.4) is 0 Å². The van der Waals surface area contributed by atoms with Gasteiger partial charge in [0.05, 0.1) is 11.8 Å². The van der Waals surface area contributed by atoms with Crippen molar-refractivity contribution in [3.63, 3.8) is 0 Å². The van der Waals surface area contributed by atoms with Crippen LogP contribution in [0, 0.1) is 5.82 Å². The molecule has 2 aromatic rings. The van der Waals surface area contributed by atoms with Crippen LogP contribution in [-0.2, 0) is 6.18 Å². The molecule has 1 unspecified atom stereocenters. The van der Waals surface area contributed by atoms with Crippen LogP contribution in [0.4, 0.5) is 35.0 Å². The van der Waals surface area contributed by atoms with Crippen molar-refractivity contribution in [2.24, 2.45) is 0 Å². The normalized spacial score (nSPS) is 24.5. The highest BCUT2D eigenvalue weighted by Crippen LogP contribution is 2.40. The third kappa shape index (κ3) is 5.93. The number of aromatic nitrogens is 2. The third-order valence-corrected chi connectivity index (χ3v) is 7.66. The molecule has 0 spiro atoms. The lowest BCUT2D eigenvalue weighted by Gasteiger charge is -2.47. The quantitative estimate of drug-likeness (QED) is 0.443. The summed E-state index contributed by atoms with van der Waals surface area (Å²) >= 11 is 0. The Balaban J connectivity index is 1.32. The van der Waals surface area contributed by atoms with Crippen molar-refractivity contribution in [2.45, 2.75) is 82.3 Å². The molecule has 4 heterocycles. The van der Waals surface area contributed by atoms with Crippen molar-refractivity contribution in [3.8, 4) is 5.75 Å². The van der Waals surface area contributed by atoms with E-state index in [1.807, 2.05) is 0 Å². The fourth-order valence-electron chi connectivity index (χ4n) is 6.00. The molecule has 0 saturated carbocycles. The number of nitrogens with zero attached hydrogens (tertiary/aromatic N) is 3. The monoisotopic (exact) mass is 522 g/mol. The van der Waals surface area contributed by atoms with Gasteiger partial charge in [0.1, 0.15) is 11.9 Å². The number of piperidine rings is 2. The van der Waals surface area contributed by atoms with E-state index in [0.29, 0.717) is 32.0 Å². The fourth-order valence-corrected chi connectivity index (χ4v) is 6.00. The Hall–Kier alpha value is -2.66. The first-order valence-corrected chi connectivity index (χ1v) is 13.0. The molecule has 0 radical (unpaired) electrons. The molecule has 3 fully saturated rings. The Bertz CT molecular complexity index is 1100. The number of halogens is 4. The van der Waals surface area contributed by atoms with Crippen LogP contribution in [0.15, 0.2) is 24.4 Å². The predicted octanol–water partition coefficient (Wildman–Crippen LogP) is 5.33. The Morgan fingerprint density at radius 2 is 1.95 bits per heavy atom. The lowest BCUT2D eigenvalue weighted by Crippen LogP contribution is -2.55. The van der Waals surface area contributed by atoms with E-state index in [0.717, 1.165) is 38.1 Å². The van der Waals surface area contributed by atoms with Gasteiger partial charge in [-0.2, -0.15) is 18.2 Å². The van der Waals surface area contributed by atoms with Gasteiger partial charge >= 0.3 is 6.18 Å². The molecular weight excluding hydrogens is 488 g/mol. The molecule has 7 nitrogen and oxygen atoms in total. The first-order valence-electron chi connectivity index (χ1n) is 13.0. The second kappa shape index (κ2) is 10.2. The second-order valence-electron chi connectivity index (χ2n) is 10.9. The van der Waals surface area contributed by atoms with Crippen molar-refractivity contribution in [1.82, 2.24) is 20.2 Å². The number of nitrogens with one attached hydrogen (secondary N) is 3. The van der Waals surface area contributed by atoms with E-state index in [4.69, 9.17) is 4.74 Å². The molecule has 3 aliphatic rings. The predicted molar refractivity (Wildman–Crippen MR) is 134 cm³/mol. The number of hydrogen-bond acceptors (Lipinski definition) is 7. The van der Waals surface area contributed by atoms with Crippen molar-refractivity contribution in [3.05, 3.63) is 35.8 Å². The van der Waals surface area contributed by atoms with Gasteiger partial charge in [0.2, 0.25) is 5.95 Å². The van der Waals surface area contributed by atoms with Gasteiger partial charge in [-0.25, -0.2) is 9.37 Å². The Labute approximate surface area is 214 Å². The Morgan fingerprint density at radius 3 is 2.70 bits per heavy atom. The first kappa shape index (κ1) is 26.0. The molecule has 5 rings (SSSR count). The molecule has 1 aromatic heterocycles. The molecular formula is C26H34F4N6O. The van der Waals surface area contributed by atoms with E-state index in [9.17, 15) is 17.6 Å². The van der Waals surface area contributed by atoms with Gasteiger partial charge in [-0.05, 0) is 90.2 Å². The third-order valence-electron chi connectivity index (χ3n) is 7.66. The van der Waals surface area contributed by atoms with Crippen LogP contribution in [0.25, 0.3) is 0 Å². The molecule has 11 heteroatoms. The molecule has 0 amide bonds. The van der Waals surface area contributed by atoms with E-state index in [1.54, 1.807) is 0 Å². The van der Waals surface area contributed by atoms with Gasteiger partial charge in [0.15, 0.2) is 11.6 Å². The summed E-state index contributed by atoms with van der Waals surface area (Å²) in [5.41, 5.74) is -0.738. The average molecular weight is 523 g/mol. The number of rotatable bonds is 6. The average Bonchev–Trinajstić information content (AvgIpc) is 3.32. The summed E-state index contributed by atoms with van der Waals surface area (Å²) in [7, 11) is 0. The van der Waals surface area contributed by atoms with Gasteiger partial charge in [-0.1, -0.05) is 0 Å². The molecule has 3 N–H and O–H groups in total. The van der Waals surface area contributed by atoms with Crippen LogP contribution >= 0.6 is 0 Å². The smallest absolute Gasteiger partial charge is 0.420 e. The van der Waals surface area contributed by atoms with Crippen LogP contribution in [-0.4, -0.2) is 58.2 Å². The molecule has 0 bridgehead atoms. The highest BCUT2D eigenvalue weighted by Gasteiger charge is 2.43. The van der Waals surface area contributed by atoms with E-state index in [-0.39, 0.29) is 40.9 Å². The summed E-state index contributed by atoms with van der Waals surface area (Å²) in [5.74, 6) is -0.736. The second-order valence-corrected chi connectivity index (χ2v) is 10.9. The Morgan fingerprint density at radius 1 is 1.16 bits per heavy atom. The largest absolute Gasteiger partial charge is 0.490 e. The number of fused-ring (bicyclic) bond motifs is 1. The number of hydrogen-bond donors (Lipinski definition) is 3. The summed E-state index contributed by atoms with van der Waals surface area (Å²) < 4.78 is 61.8. The van der Waals surface area contributed by atoms with E-state index < -0.39 is 17.6 Å². The summed E-state index contributed by atoms with van der Waals surface area (Å²) in [5, 5.41) is 9.21. The first-order chi connectivity index (χ1) is 17.6. The van der Waals surface area contributed by atoms with Crippen molar-refractivity contribution >= 4 is 17.5 Å². The molecule has 3 saturated heterocycles. The Kier molecular flexibility index (Phi) is 7.19. The van der Waals surface area contributed by atoms with Crippen molar-refractivity contribution in [1.29, 1.82) is 0 Å². The van der Waals surface area contributed by atoms with Gasteiger partial charge in [0.25, 0.3) is 0 Å². The molecule has 202 valence electrons. The number of benzene rings is 1. The lowest BCUT2D eigenvalue weighted by molar-refractivity contribution is -0.139. The van der Waals surface area contributed by atoms with Crippen LogP contribution < -0.4 is 20.7 Å². The van der Waals surface area contributed by atoms with Crippen molar-refractivity contribution in [2.75, 3.05) is 30.3 Å². The number of alkyl halides is 3. The SMILES string of the molecule is CC1(C)C[C@H](Nc2nc(Nc3ccc(OC4CCNCC4)c(C(F)(F)F)c3)ncc2F)CC2CCCN21. The van der Waals surface area contributed by atoms with E-state index >= 15 is 0 Å². The molecule has 0 aliphatic carbocycles. The molecule has 3 aliphatic heterocycles. The topological polar surface area (TPSA) is 74.3 Å². The minimum absolute atomic E-state index is 0.00633. The highest BCUT2D eigenvalue weighted by atomic mass is 19.4. The van der Waals surface area contributed by atoms with E-state index in [2.05, 4.69) is 44.7 Å². The molecule has 1 aromatic carbocycles.